The smallest absolute Gasteiger partial charge is 0.119 e. The summed E-state index contributed by atoms with van der Waals surface area (Å²) in [5, 5.41) is 0.617. The van der Waals surface area contributed by atoms with Crippen molar-refractivity contribution in [2.45, 2.75) is 11.0 Å². The van der Waals surface area contributed by atoms with Crippen LogP contribution in [0.5, 0.6) is 5.75 Å². The maximum absolute atomic E-state index is 5.42. The quantitative estimate of drug-likeness (QED) is 0.839. The molecule has 2 N–H and O–H groups in total. The zero-order chi connectivity index (χ0) is 12.8. The normalized spacial score (nSPS) is 14.6. The van der Waals surface area contributed by atoms with Gasteiger partial charge in [-0.3, -0.25) is 0 Å². The Morgan fingerprint density at radius 3 is 2.94 bits per heavy atom. The van der Waals surface area contributed by atoms with Gasteiger partial charge in [0, 0.05) is 11.3 Å². The lowest BCUT2D eigenvalue weighted by Crippen LogP contribution is -2.30. The predicted octanol–water partition coefficient (Wildman–Crippen LogP) is 1.64. The Kier molecular flexibility index (Phi) is 4.94. The minimum absolute atomic E-state index is 0.384. The van der Waals surface area contributed by atoms with E-state index >= 15 is 0 Å². The van der Waals surface area contributed by atoms with Crippen LogP contribution in [0.3, 0.4) is 0 Å². The van der Waals surface area contributed by atoms with Crippen LogP contribution in [0.25, 0.3) is 0 Å². The lowest BCUT2D eigenvalue weighted by atomic mass is 10.1. The molecule has 1 aliphatic rings. The Balaban J connectivity index is 2.11. The Morgan fingerprint density at radius 2 is 2.33 bits per heavy atom. The molecule has 0 bridgehead atoms. The average molecular weight is 263 g/mol. The van der Waals surface area contributed by atoms with Gasteiger partial charge in [-0.05, 0) is 23.8 Å². The molecule has 0 aliphatic carbocycles. The number of methoxy groups -OCH3 is 1. The third-order valence-electron chi connectivity index (χ3n) is 2.72. The van der Waals surface area contributed by atoms with Crippen molar-refractivity contribution in [1.29, 1.82) is 0 Å². The van der Waals surface area contributed by atoms with E-state index in [-0.39, 0.29) is 0 Å². The highest BCUT2D eigenvalue weighted by atomic mass is 32.2. The number of nitrogens with two attached hydrogens (primary N) is 1. The summed E-state index contributed by atoms with van der Waals surface area (Å²) >= 11 is 1.90. The summed E-state index contributed by atoms with van der Waals surface area (Å²) in [5.41, 5.74) is 7.65. The molecule has 0 unspecified atom stereocenters. The molecule has 1 aromatic carbocycles. The highest BCUT2D eigenvalue weighted by molar-refractivity contribution is 7.99. The maximum atomic E-state index is 5.42. The number of hydrogen-bond donors (Lipinski definition) is 1. The van der Waals surface area contributed by atoms with Crippen LogP contribution in [-0.2, 0) is 10.5 Å². The van der Waals surface area contributed by atoms with Gasteiger partial charge >= 0.3 is 0 Å². The molecule has 0 aromatic heterocycles. The third-order valence-corrected chi connectivity index (χ3v) is 3.94. The van der Waals surface area contributed by atoms with E-state index in [1.807, 2.05) is 30.0 Å². The molecular formula is C14H17NO2S. The fraction of sp³-hybridized carbons (Fsp3) is 0.429. The summed E-state index contributed by atoms with van der Waals surface area (Å²) in [6.07, 6.45) is 0. The van der Waals surface area contributed by atoms with Crippen molar-refractivity contribution in [3.05, 3.63) is 29.3 Å². The van der Waals surface area contributed by atoms with Gasteiger partial charge in [-0.1, -0.05) is 11.8 Å². The largest absolute Gasteiger partial charge is 0.497 e. The SMILES string of the molecule is COc1ccc(C#CCN)c(CSC2COC2)c1. The summed E-state index contributed by atoms with van der Waals surface area (Å²) in [6, 6.07) is 5.98. The second-order valence-electron chi connectivity index (χ2n) is 4.00. The second kappa shape index (κ2) is 6.69. The third kappa shape index (κ3) is 3.42. The number of thioether (sulfide) groups is 1. The van der Waals surface area contributed by atoms with Crippen molar-refractivity contribution in [2.75, 3.05) is 26.9 Å². The highest BCUT2D eigenvalue weighted by Gasteiger charge is 2.19. The summed E-state index contributed by atoms with van der Waals surface area (Å²) in [7, 11) is 1.68. The lowest BCUT2D eigenvalue weighted by Gasteiger charge is -2.25. The maximum Gasteiger partial charge on any atom is 0.119 e. The fourth-order valence-corrected chi connectivity index (χ4v) is 2.64. The van der Waals surface area contributed by atoms with E-state index < -0.39 is 0 Å². The van der Waals surface area contributed by atoms with Gasteiger partial charge in [0.2, 0.25) is 0 Å². The molecule has 2 rings (SSSR count). The molecule has 0 amide bonds. The molecule has 1 heterocycles. The second-order valence-corrected chi connectivity index (χ2v) is 5.29. The molecule has 0 atom stereocenters. The molecular weight excluding hydrogens is 246 g/mol. The van der Waals surface area contributed by atoms with Crippen LogP contribution in [0.4, 0.5) is 0 Å². The van der Waals surface area contributed by atoms with Crippen molar-refractivity contribution in [3.8, 4) is 17.6 Å². The van der Waals surface area contributed by atoms with E-state index in [2.05, 4.69) is 11.8 Å². The number of rotatable bonds is 4. The van der Waals surface area contributed by atoms with Crippen molar-refractivity contribution in [3.63, 3.8) is 0 Å². The van der Waals surface area contributed by atoms with E-state index in [0.29, 0.717) is 11.8 Å². The first-order chi connectivity index (χ1) is 8.83. The molecule has 96 valence electrons. The minimum Gasteiger partial charge on any atom is -0.497 e. The van der Waals surface area contributed by atoms with Crippen molar-refractivity contribution >= 4 is 11.8 Å². The highest BCUT2D eigenvalue weighted by Crippen LogP contribution is 2.27. The van der Waals surface area contributed by atoms with E-state index in [4.69, 9.17) is 15.2 Å². The molecule has 1 saturated heterocycles. The number of ether oxygens (including phenoxy) is 2. The summed E-state index contributed by atoms with van der Waals surface area (Å²) in [4.78, 5) is 0. The van der Waals surface area contributed by atoms with Gasteiger partial charge in [0.1, 0.15) is 5.75 Å². The molecule has 0 radical (unpaired) electrons. The van der Waals surface area contributed by atoms with Crippen LogP contribution < -0.4 is 10.5 Å². The van der Waals surface area contributed by atoms with E-state index in [1.54, 1.807) is 7.11 Å². The average Bonchev–Trinajstić information content (AvgIpc) is 2.35. The lowest BCUT2D eigenvalue weighted by molar-refractivity contribution is 0.0455. The molecule has 3 nitrogen and oxygen atoms in total. The monoisotopic (exact) mass is 263 g/mol. The summed E-state index contributed by atoms with van der Waals surface area (Å²) in [5.74, 6) is 7.81. The Morgan fingerprint density at radius 1 is 1.50 bits per heavy atom. The summed E-state index contributed by atoms with van der Waals surface area (Å²) < 4.78 is 10.4. The van der Waals surface area contributed by atoms with E-state index in [9.17, 15) is 0 Å². The van der Waals surface area contributed by atoms with Gasteiger partial charge in [-0.25, -0.2) is 0 Å². The minimum atomic E-state index is 0.384. The van der Waals surface area contributed by atoms with Gasteiger partial charge in [0.05, 0.1) is 32.1 Å². The van der Waals surface area contributed by atoms with Gasteiger partial charge in [-0.2, -0.15) is 0 Å². The van der Waals surface area contributed by atoms with Crippen LogP contribution >= 0.6 is 11.8 Å². The Bertz CT molecular complexity index is 461. The van der Waals surface area contributed by atoms with Gasteiger partial charge in [0.15, 0.2) is 0 Å². The Hall–Kier alpha value is -1.15. The fourth-order valence-electron chi connectivity index (χ4n) is 1.60. The topological polar surface area (TPSA) is 44.5 Å². The van der Waals surface area contributed by atoms with Crippen LogP contribution in [0.2, 0.25) is 0 Å². The zero-order valence-corrected chi connectivity index (χ0v) is 11.3. The van der Waals surface area contributed by atoms with Crippen LogP contribution in [0.1, 0.15) is 11.1 Å². The zero-order valence-electron chi connectivity index (χ0n) is 10.4. The molecule has 18 heavy (non-hydrogen) atoms. The Labute approximate surface area is 112 Å². The van der Waals surface area contributed by atoms with Crippen LogP contribution in [0, 0.1) is 11.8 Å². The van der Waals surface area contributed by atoms with Gasteiger partial charge < -0.3 is 15.2 Å². The van der Waals surface area contributed by atoms with Crippen molar-refractivity contribution < 1.29 is 9.47 Å². The molecule has 0 spiro atoms. The standard InChI is InChI=1S/C14H17NO2S/c1-16-13-5-4-11(3-2-6-15)12(7-13)10-18-14-8-17-9-14/h4-5,7,14H,6,8-10,15H2,1H3. The van der Waals surface area contributed by atoms with E-state index in [1.165, 1.54) is 5.56 Å². The van der Waals surface area contributed by atoms with Crippen molar-refractivity contribution in [1.82, 2.24) is 0 Å². The van der Waals surface area contributed by atoms with Crippen LogP contribution in [0.15, 0.2) is 18.2 Å². The first-order valence-electron chi connectivity index (χ1n) is 5.88. The molecule has 1 aromatic rings. The number of benzene rings is 1. The van der Waals surface area contributed by atoms with Gasteiger partial charge in [-0.15, -0.1) is 11.8 Å². The van der Waals surface area contributed by atoms with Gasteiger partial charge in [0.25, 0.3) is 0 Å². The van der Waals surface area contributed by atoms with Crippen molar-refractivity contribution in [2.24, 2.45) is 5.73 Å². The first kappa shape index (κ1) is 13.3. The molecule has 4 heteroatoms. The molecule has 1 aliphatic heterocycles. The van der Waals surface area contributed by atoms with Crippen LogP contribution in [-0.4, -0.2) is 32.1 Å². The molecule has 1 fully saturated rings. The molecule has 0 saturated carbocycles. The predicted molar refractivity (Wildman–Crippen MR) is 74.8 cm³/mol. The first-order valence-corrected chi connectivity index (χ1v) is 6.93. The summed E-state index contributed by atoms with van der Waals surface area (Å²) in [6.45, 7) is 2.10. The van der Waals surface area contributed by atoms with E-state index in [0.717, 1.165) is 30.3 Å². The number of hydrogen-bond acceptors (Lipinski definition) is 4.